The summed E-state index contributed by atoms with van der Waals surface area (Å²) in [6.45, 7) is 0.528. The number of aromatic nitrogens is 6. The molecule has 7 rings (SSSR count). The van der Waals surface area contributed by atoms with Crippen molar-refractivity contribution in [3.63, 3.8) is 0 Å². The topological polar surface area (TPSA) is 86.4 Å². The molecule has 0 saturated carbocycles. The Bertz CT molecular complexity index is 1840. The van der Waals surface area contributed by atoms with Crippen LogP contribution in [0.1, 0.15) is 12.0 Å². The van der Waals surface area contributed by atoms with E-state index in [0.29, 0.717) is 35.6 Å². The standard InChI is InChI=1S/C29H22F3N7/c30-23-4-2-1-3-19(23)22-12-34-13-26-20(22)8-25(36-26)28-21-9-24(35-14-27(21)37-38-28)18-7-17(10-33-11-18)15-39-6-5-29(31,32)16-39/h1-4,7-14,36H,5-6,15-16H2,(H,37,38). The summed E-state index contributed by atoms with van der Waals surface area (Å²) in [5.41, 5.74) is 6.45. The molecule has 0 amide bonds. The maximum absolute atomic E-state index is 14.6. The van der Waals surface area contributed by atoms with E-state index >= 15 is 0 Å². The van der Waals surface area contributed by atoms with Gasteiger partial charge in [-0.25, -0.2) is 13.2 Å². The second-order valence-electron chi connectivity index (χ2n) is 9.90. The van der Waals surface area contributed by atoms with Crippen LogP contribution in [-0.4, -0.2) is 54.0 Å². The van der Waals surface area contributed by atoms with Crippen molar-refractivity contribution in [3.8, 4) is 33.8 Å². The first-order valence-electron chi connectivity index (χ1n) is 12.5. The lowest BCUT2D eigenvalue weighted by molar-refractivity contribution is 0.0115. The smallest absolute Gasteiger partial charge is 0.261 e. The molecule has 10 heteroatoms. The number of benzene rings is 1. The molecule has 6 aromatic rings. The van der Waals surface area contributed by atoms with Crippen molar-refractivity contribution < 1.29 is 13.2 Å². The van der Waals surface area contributed by atoms with E-state index in [9.17, 15) is 13.2 Å². The quantitative estimate of drug-likeness (QED) is 0.280. The molecule has 0 bridgehead atoms. The molecule has 6 heterocycles. The van der Waals surface area contributed by atoms with Crippen LogP contribution in [-0.2, 0) is 6.54 Å². The van der Waals surface area contributed by atoms with Gasteiger partial charge in [-0.1, -0.05) is 18.2 Å². The Labute approximate surface area is 220 Å². The number of rotatable bonds is 5. The van der Waals surface area contributed by atoms with Gasteiger partial charge in [0.25, 0.3) is 5.92 Å². The van der Waals surface area contributed by atoms with Crippen molar-refractivity contribution in [2.24, 2.45) is 0 Å². The molecule has 0 aliphatic carbocycles. The van der Waals surface area contributed by atoms with Crippen molar-refractivity contribution >= 4 is 21.8 Å². The number of nitrogens with one attached hydrogen (secondary N) is 2. The molecule has 0 atom stereocenters. The average molecular weight is 526 g/mol. The molecule has 1 aromatic carbocycles. The first-order valence-corrected chi connectivity index (χ1v) is 12.5. The average Bonchev–Trinajstić information content (AvgIpc) is 3.64. The number of fused-ring (bicyclic) bond motifs is 2. The first-order chi connectivity index (χ1) is 18.9. The number of H-pyrrole nitrogens is 2. The van der Waals surface area contributed by atoms with Crippen LogP contribution >= 0.6 is 0 Å². The summed E-state index contributed by atoms with van der Waals surface area (Å²) in [5, 5.41) is 9.24. The van der Waals surface area contributed by atoms with E-state index in [2.05, 4.69) is 30.1 Å². The predicted molar refractivity (Wildman–Crippen MR) is 142 cm³/mol. The van der Waals surface area contributed by atoms with Gasteiger partial charge in [-0.15, -0.1) is 0 Å². The Balaban J connectivity index is 1.25. The summed E-state index contributed by atoms with van der Waals surface area (Å²) in [5.74, 6) is -2.95. The number of halogens is 3. The number of aromatic amines is 2. The van der Waals surface area contributed by atoms with Crippen molar-refractivity contribution in [2.45, 2.75) is 18.9 Å². The highest BCUT2D eigenvalue weighted by molar-refractivity contribution is 6.01. The van der Waals surface area contributed by atoms with Crippen molar-refractivity contribution in [1.29, 1.82) is 0 Å². The lowest BCUT2D eigenvalue weighted by Crippen LogP contribution is -2.24. The van der Waals surface area contributed by atoms with E-state index in [-0.39, 0.29) is 18.8 Å². The maximum Gasteiger partial charge on any atom is 0.261 e. The van der Waals surface area contributed by atoms with Gasteiger partial charge in [0.05, 0.1) is 41.4 Å². The third kappa shape index (κ3) is 4.32. The summed E-state index contributed by atoms with van der Waals surface area (Å²) < 4.78 is 41.8. The molecule has 1 aliphatic rings. The number of hydrogen-bond acceptors (Lipinski definition) is 5. The van der Waals surface area contributed by atoms with Gasteiger partial charge in [0.2, 0.25) is 0 Å². The molecule has 7 nitrogen and oxygen atoms in total. The molecule has 0 radical (unpaired) electrons. The number of nitrogens with zero attached hydrogens (tertiary/aromatic N) is 5. The number of pyridine rings is 3. The van der Waals surface area contributed by atoms with E-state index < -0.39 is 5.92 Å². The van der Waals surface area contributed by atoms with Crippen molar-refractivity contribution in [1.82, 2.24) is 35.0 Å². The maximum atomic E-state index is 14.6. The van der Waals surface area contributed by atoms with Gasteiger partial charge in [-0.05, 0) is 29.8 Å². The predicted octanol–water partition coefficient (Wildman–Crippen LogP) is 6.21. The Hall–Kier alpha value is -4.57. The van der Waals surface area contributed by atoms with Crippen LogP contribution in [0.4, 0.5) is 13.2 Å². The normalized spacial score (nSPS) is 15.5. The summed E-state index contributed by atoms with van der Waals surface area (Å²) in [6.07, 6.45) is 8.38. The van der Waals surface area contributed by atoms with E-state index in [1.807, 2.05) is 18.2 Å². The monoisotopic (exact) mass is 525 g/mol. The van der Waals surface area contributed by atoms with Crippen LogP contribution in [0.3, 0.4) is 0 Å². The number of likely N-dealkylation sites (tertiary alicyclic amines) is 1. The Morgan fingerprint density at radius 3 is 2.62 bits per heavy atom. The van der Waals surface area contributed by atoms with E-state index in [4.69, 9.17) is 0 Å². The summed E-state index contributed by atoms with van der Waals surface area (Å²) in [7, 11) is 0. The highest BCUT2D eigenvalue weighted by Gasteiger charge is 2.37. The number of alkyl halides is 2. The van der Waals surface area contributed by atoms with Crippen LogP contribution in [0.25, 0.3) is 55.6 Å². The molecule has 5 aromatic heterocycles. The summed E-state index contributed by atoms with van der Waals surface area (Å²) in [6, 6.07) is 12.4. The minimum atomic E-state index is -2.63. The molecule has 1 aliphatic heterocycles. The van der Waals surface area contributed by atoms with Crippen molar-refractivity contribution in [2.75, 3.05) is 13.1 Å². The minimum absolute atomic E-state index is 0.118. The van der Waals surface area contributed by atoms with Gasteiger partial charge in [-0.2, -0.15) is 5.10 Å². The fourth-order valence-corrected chi connectivity index (χ4v) is 5.27. The van der Waals surface area contributed by atoms with Crippen LogP contribution in [0.15, 0.2) is 73.4 Å². The molecule has 194 valence electrons. The van der Waals surface area contributed by atoms with Gasteiger partial charge >= 0.3 is 0 Å². The lowest BCUT2D eigenvalue weighted by Gasteiger charge is -2.15. The third-order valence-electron chi connectivity index (χ3n) is 7.16. The van der Waals surface area contributed by atoms with Gasteiger partial charge in [0.1, 0.15) is 11.5 Å². The molecule has 1 saturated heterocycles. The van der Waals surface area contributed by atoms with Crippen LogP contribution in [0.2, 0.25) is 0 Å². The second-order valence-corrected chi connectivity index (χ2v) is 9.90. The SMILES string of the molecule is Fc1ccccc1-c1cncc2[nH]c(-c3n[nH]c4cnc(-c5cncc(CN6CCC(F)(F)C6)c5)cc34)cc12. The van der Waals surface area contributed by atoms with Crippen LogP contribution in [0.5, 0.6) is 0 Å². The zero-order valence-corrected chi connectivity index (χ0v) is 20.6. The van der Waals surface area contributed by atoms with E-state index in [1.54, 1.807) is 54.1 Å². The minimum Gasteiger partial charge on any atom is -0.352 e. The van der Waals surface area contributed by atoms with E-state index in [1.165, 1.54) is 6.07 Å². The molecule has 2 N–H and O–H groups in total. The Morgan fingerprint density at radius 1 is 0.897 bits per heavy atom. The fraction of sp³-hybridized carbons (Fsp3) is 0.172. The third-order valence-corrected chi connectivity index (χ3v) is 7.16. The van der Waals surface area contributed by atoms with Gasteiger partial charge in [-0.3, -0.25) is 25.0 Å². The highest BCUT2D eigenvalue weighted by atomic mass is 19.3. The summed E-state index contributed by atoms with van der Waals surface area (Å²) in [4.78, 5) is 18.3. The zero-order valence-electron chi connectivity index (χ0n) is 20.6. The Kier molecular flexibility index (Phi) is 5.44. The largest absolute Gasteiger partial charge is 0.352 e. The summed E-state index contributed by atoms with van der Waals surface area (Å²) >= 11 is 0. The lowest BCUT2D eigenvalue weighted by atomic mass is 10.0. The van der Waals surface area contributed by atoms with E-state index in [0.717, 1.165) is 38.6 Å². The van der Waals surface area contributed by atoms with Crippen LogP contribution < -0.4 is 0 Å². The molecular formula is C29H22F3N7. The number of hydrogen-bond donors (Lipinski definition) is 2. The molecule has 39 heavy (non-hydrogen) atoms. The highest BCUT2D eigenvalue weighted by Crippen LogP contribution is 2.35. The fourth-order valence-electron chi connectivity index (χ4n) is 5.27. The molecule has 0 unspecified atom stereocenters. The van der Waals surface area contributed by atoms with Gasteiger partial charge in [0, 0.05) is 65.6 Å². The second kappa shape index (κ2) is 9.02. The Morgan fingerprint density at radius 2 is 1.77 bits per heavy atom. The zero-order chi connectivity index (χ0) is 26.6. The van der Waals surface area contributed by atoms with Gasteiger partial charge < -0.3 is 4.98 Å². The first kappa shape index (κ1) is 23.5. The van der Waals surface area contributed by atoms with Crippen molar-refractivity contribution in [3.05, 3.63) is 84.8 Å². The van der Waals surface area contributed by atoms with Gasteiger partial charge in [0.15, 0.2) is 0 Å². The van der Waals surface area contributed by atoms with Crippen LogP contribution in [0, 0.1) is 5.82 Å². The molecular weight excluding hydrogens is 503 g/mol. The molecule has 1 fully saturated rings. The molecule has 0 spiro atoms.